The SMILES string of the molecule is N#CCCCN(C(=O)C1(OC(=O)Nc2ccc3ccccc3c2)CCCCC1)C1CCNCC1. The lowest BCUT2D eigenvalue weighted by Crippen LogP contribution is -2.57. The van der Waals surface area contributed by atoms with Gasteiger partial charge in [0.1, 0.15) is 0 Å². The second-order valence-electron chi connectivity index (χ2n) is 9.37. The highest BCUT2D eigenvalue weighted by Gasteiger charge is 2.47. The van der Waals surface area contributed by atoms with E-state index in [1.54, 1.807) is 0 Å². The maximum atomic E-state index is 14.0. The smallest absolute Gasteiger partial charge is 0.412 e. The van der Waals surface area contributed by atoms with Crippen LogP contribution < -0.4 is 10.6 Å². The predicted molar refractivity (Wildman–Crippen MR) is 132 cm³/mol. The van der Waals surface area contributed by atoms with Gasteiger partial charge in [-0.2, -0.15) is 5.26 Å². The first-order valence-electron chi connectivity index (χ1n) is 12.5. The number of anilines is 1. The molecule has 1 aliphatic heterocycles. The van der Waals surface area contributed by atoms with Crippen LogP contribution in [0.5, 0.6) is 0 Å². The first-order chi connectivity index (χ1) is 16.6. The van der Waals surface area contributed by atoms with E-state index in [-0.39, 0.29) is 11.9 Å². The van der Waals surface area contributed by atoms with Crippen LogP contribution in [-0.2, 0) is 9.53 Å². The van der Waals surface area contributed by atoms with Gasteiger partial charge in [-0.1, -0.05) is 36.8 Å². The summed E-state index contributed by atoms with van der Waals surface area (Å²) in [7, 11) is 0. The zero-order valence-corrected chi connectivity index (χ0v) is 19.7. The van der Waals surface area contributed by atoms with Gasteiger partial charge in [0, 0.05) is 24.7 Å². The second kappa shape index (κ2) is 11.3. The Morgan fingerprint density at radius 1 is 1.09 bits per heavy atom. The van der Waals surface area contributed by atoms with E-state index in [1.807, 2.05) is 47.4 Å². The van der Waals surface area contributed by atoms with Crippen molar-refractivity contribution in [3.63, 3.8) is 0 Å². The molecular formula is C27H34N4O3. The van der Waals surface area contributed by atoms with Crippen molar-refractivity contribution >= 4 is 28.5 Å². The lowest BCUT2D eigenvalue weighted by atomic mass is 9.82. The number of carbonyl (C=O) groups excluding carboxylic acids is 2. The molecule has 7 nitrogen and oxygen atoms in total. The molecule has 1 aliphatic carbocycles. The third kappa shape index (κ3) is 5.68. The van der Waals surface area contributed by atoms with Crippen molar-refractivity contribution in [3.05, 3.63) is 42.5 Å². The van der Waals surface area contributed by atoms with E-state index < -0.39 is 11.7 Å². The van der Waals surface area contributed by atoms with Crippen LogP contribution in [0.25, 0.3) is 10.8 Å². The van der Waals surface area contributed by atoms with E-state index in [0.29, 0.717) is 37.9 Å². The molecule has 2 aliphatic rings. The van der Waals surface area contributed by atoms with Crippen LogP contribution in [0.15, 0.2) is 42.5 Å². The summed E-state index contributed by atoms with van der Waals surface area (Å²) in [6, 6.07) is 16.0. The highest BCUT2D eigenvalue weighted by atomic mass is 16.6. The zero-order chi connectivity index (χ0) is 23.8. The minimum atomic E-state index is -1.14. The van der Waals surface area contributed by atoms with Crippen LogP contribution in [-0.4, -0.2) is 48.2 Å². The standard InChI is InChI=1S/C27H34N4O3/c28-16-6-7-19-31(24-12-17-29-18-13-24)25(32)27(14-4-1-5-15-27)34-26(33)30-23-11-10-21-8-2-3-9-22(21)20-23/h2-3,8-11,20,24,29H,1,4-7,12-15,17-19H2,(H,30,33). The Morgan fingerprint density at radius 3 is 2.56 bits per heavy atom. The number of nitriles is 1. The Bertz CT molecular complexity index is 1040. The summed E-state index contributed by atoms with van der Waals surface area (Å²) >= 11 is 0. The molecule has 2 amide bonds. The number of rotatable bonds is 7. The fourth-order valence-corrected chi connectivity index (χ4v) is 5.23. The molecule has 0 atom stereocenters. The van der Waals surface area contributed by atoms with Gasteiger partial charge in [-0.05, 0) is 80.9 Å². The van der Waals surface area contributed by atoms with Crippen LogP contribution in [0.4, 0.5) is 10.5 Å². The van der Waals surface area contributed by atoms with Gasteiger partial charge in [0.15, 0.2) is 5.60 Å². The van der Waals surface area contributed by atoms with E-state index in [9.17, 15) is 9.59 Å². The fourth-order valence-electron chi connectivity index (χ4n) is 5.23. The van der Waals surface area contributed by atoms with Gasteiger partial charge in [-0.3, -0.25) is 10.1 Å². The van der Waals surface area contributed by atoms with Crippen LogP contribution in [0, 0.1) is 11.3 Å². The highest BCUT2D eigenvalue weighted by molar-refractivity contribution is 5.94. The number of ether oxygens (including phenoxy) is 1. The number of piperidine rings is 1. The molecular weight excluding hydrogens is 428 g/mol. The molecule has 0 aromatic heterocycles. The van der Waals surface area contributed by atoms with Gasteiger partial charge in [-0.25, -0.2) is 4.79 Å². The average Bonchev–Trinajstić information content (AvgIpc) is 2.87. The largest absolute Gasteiger partial charge is 0.433 e. The van der Waals surface area contributed by atoms with Crippen LogP contribution in [0.2, 0.25) is 0 Å². The third-order valence-electron chi connectivity index (χ3n) is 7.03. The number of hydrogen-bond donors (Lipinski definition) is 2. The molecule has 1 heterocycles. The maximum Gasteiger partial charge on any atom is 0.412 e. The third-order valence-corrected chi connectivity index (χ3v) is 7.03. The first kappa shape index (κ1) is 24.0. The van der Waals surface area contributed by atoms with E-state index in [4.69, 9.17) is 10.00 Å². The molecule has 34 heavy (non-hydrogen) atoms. The van der Waals surface area contributed by atoms with Crippen molar-refractivity contribution in [3.8, 4) is 6.07 Å². The number of carbonyl (C=O) groups is 2. The summed E-state index contributed by atoms with van der Waals surface area (Å²) < 4.78 is 6.01. The summed E-state index contributed by atoms with van der Waals surface area (Å²) in [5, 5.41) is 17.3. The minimum absolute atomic E-state index is 0.0919. The van der Waals surface area contributed by atoms with E-state index >= 15 is 0 Å². The molecule has 7 heteroatoms. The summed E-state index contributed by atoms with van der Waals surface area (Å²) in [4.78, 5) is 28.9. The van der Waals surface area contributed by atoms with Crippen molar-refractivity contribution in [2.75, 3.05) is 25.0 Å². The summed E-state index contributed by atoms with van der Waals surface area (Å²) in [5.41, 5.74) is -0.497. The van der Waals surface area contributed by atoms with Crippen LogP contribution in [0.1, 0.15) is 57.8 Å². The highest BCUT2D eigenvalue weighted by Crippen LogP contribution is 2.35. The molecule has 2 aromatic rings. The monoisotopic (exact) mass is 462 g/mol. The number of hydrogen-bond acceptors (Lipinski definition) is 5. The molecule has 0 unspecified atom stereocenters. The van der Waals surface area contributed by atoms with Gasteiger partial charge < -0.3 is 15.0 Å². The quantitative estimate of drug-likeness (QED) is 0.566. The van der Waals surface area contributed by atoms with E-state index in [1.165, 1.54) is 0 Å². The Morgan fingerprint density at radius 2 is 1.82 bits per heavy atom. The maximum absolute atomic E-state index is 14.0. The molecule has 1 saturated carbocycles. The van der Waals surface area contributed by atoms with Crippen molar-refractivity contribution in [1.29, 1.82) is 5.26 Å². The molecule has 2 N–H and O–H groups in total. The normalized spacial score (nSPS) is 18.1. The van der Waals surface area contributed by atoms with Gasteiger partial charge in [0.2, 0.25) is 0 Å². The summed E-state index contributed by atoms with van der Waals surface area (Å²) in [6.45, 7) is 2.25. The van der Waals surface area contributed by atoms with Gasteiger partial charge in [0.05, 0.1) is 6.07 Å². The van der Waals surface area contributed by atoms with Gasteiger partial charge >= 0.3 is 6.09 Å². The predicted octanol–water partition coefficient (Wildman–Crippen LogP) is 4.98. The number of nitrogens with one attached hydrogen (secondary N) is 2. The Labute approximate surface area is 201 Å². The average molecular weight is 463 g/mol. The minimum Gasteiger partial charge on any atom is -0.433 e. The van der Waals surface area contributed by atoms with Crippen molar-refractivity contribution in [2.45, 2.75) is 69.4 Å². The molecule has 0 bridgehead atoms. The van der Waals surface area contributed by atoms with Crippen molar-refractivity contribution < 1.29 is 14.3 Å². The topological polar surface area (TPSA) is 94.5 Å². The number of nitrogens with zero attached hydrogens (tertiary/aromatic N) is 2. The Kier molecular flexibility index (Phi) is 8.02. The molecule has 0 spiro atoms. The van der Waals surface area contributed by atoms with Crippen molar-refractivity contribution in [2.24, 2.45) is 0 Å². The second-order valence-corrected chi connectivity index (χ2v) is 9.37. The van der Waals surface area contributed by atoms with E-state index in [2.05, 4.69) is 16.7 Å². The van der Waals surface area contributed by atoms with Crippen molar-refractivity contribution in [1.82, 2.24) is 10.2 Å². The summed E-state index contributed by atoms with van der Waals surface area (Å²) in [6.07, 6.45) is 6.01. The Hall–Kier alpha value is -3.11. The molecule has 2 fully saturated rings. The van der Waals surface area contributed by atoms with Crippen LogP contribution in [0.3, 0.4) is 0 Å². The van der Waals surface area contributed by atoms with Gasteiger partial charge in [0.25, 0.3) is 5.91 Å². The fraction of sp³-hybridized carbons (Fsp3) is 0.519. The lowest BCUT2D eigenvalue weighted by molar-refractivity contribution is -0.157. The molecule has 180 valence electrons. The first-order valence-corrected chi connectivity index (χ1v) is 12.5. The number of unbranched alkanes of at least 4 members (excludes halogenated alkanes) is 1. The van der Waals surface area contributed by atoms with Gasteiger partial charge in [-0.15, -0.1) is 0 Å². The molecule has 2 aromatic carbocycles. The van der Waals surface area contributed by atoms with E-state index in [0.717, 1.165) is 56.0 Å². The zero-order valence-electron chi connectivity index (χ0n) is 19.7. The molecule has 4 rings (SSSR count). The number of amides is 2. The van der Waals surface area contributed by atoms with Crippen LogP contribution >= 0.6 is 0 Å². The Balaban J connectivity index is 1.52. The molecule has 1 saturated heterocycles. The summed E-state index contributed by atoms with van der Waals surface area (Å²) in [5.74, 6) is -0.0919. The number of benzene rings is 2. The lowest BCUT2D eigenvalue weighted by Gasteiger charge is -2.43. The number of fused-ring (bicyclic) bond motifs is 1. The molecule has 0 radical (unpaired) electrons.